The van der Waals surface area contributed by atoms with Gasteiger partial charge in [0, 0.05) is 11.8 Å². The maximum absolute atomic E-state index is 12.6. The normalized spacial score (nSPS) is 39.6. The Kier molecular flexibility index (Phi) is 7.43. The average Bonchev–Trinajstić information content (AvgIpc) is 3.13. The van der Waals surface area contributed by atoms with Gasteiger partial charge in [0.1, 0.15) is 36.8 Å². The highest BCUT2D eigenvalue weighted by Crippen LogP contribution is 2.46. The summed E-state index contributed by atoms with van der Waals surface area (Å²) in [6.07, 6.45) is -7.09. The number of benzene rings is 1. The number of aliphatic hydroxyl groups is 6. The summed E-state index contributed by atoms with van der Waals surface area (Å²) in [5, 5.41) is 59.3. The van der Waals surface area contributed by atoms with Crippen molar-refractivity contribution in [3.8, 4) is 5.75 Å². The first-order valence-corrected chi connectivity index (χ1v) is 11.2. The highest BCUT2D eigenvalue weighted by Gasteiger charge is 2.50. The molecule has 2 heterocycles. The van der Waals surface area contributed by atoms with Gasteiger partial charge in [-0.25, -0.2) is 4.79 Å². The lowest BCUT2D eigenvalue weighted by Crippen LogP contribution is -2.60. The van der Waals surface area contributed by atoms with Crippen LogP contribution in [-0.4, -0.2) is 86.3 Å². The van der Waals surface area contributed by atoms with E-state index < -0.39 is 55.7 Å². The van der Waals surface area contributed by atoms with Gasteiger partial charge in [0.05, 0.1) is 24.5 Å². The summed E-state index contributed by atoms with van der Waals surface area (Å²) < 4.78 is 21.5. The van der Waals surface area contributed by atoms with Gasteiger partial charge in [0.2, 0.25) is 6.29 Å². The third-order valence-electron chi connectivity index (χ3n) is 6.87. The fourth-order valence-corrected chi connectivity index (χ4v) is 4.76. The van der Waals surface area contributed by atoms with E-state index in [9.17, 15) is 35.4 Å². The number of carbonyl (C=O) groups excluding carboxylic acids is 1. The van der Waals surface area contributed by atoms with Gasteiger partial charge in [-0.2, -0.15) is 0 Å². The smallest absolute Gasteiger partial charge is 0.337 e. The topological polar surface area (TPSA) is 175 Å². The van der Waals surface area contributed by atoms with Gasteiger partial charge < -0.3 is 49.6 Å². The Bertz CT molecular complexity index is 885. The third kappa shape index (κ3) is 4.78. The average molecular weight is 482 g/mol. The molecule has 0 spiro atoms. The van der Waals surface area contributed by atoms with Gasteiger partial charge in [-0.15, -0.1) is 0 Å². The summed E-state index contributed by atoms with van der Waals surface area (Å²) in [5.74, 6) is -1.26. The zero-order valence-electron chi connectivity index (χ0n) is 18.5. The number of fused-ring (bicyclic) bond motifs is 1. The van der Waals surface area contributed by atoms with E-state index in [0.29, 0.717) is 12.0 Å². The quantitative estimate of drug-likeness (QED) is 0.268. The SMILES string of the molecule is C[C@H]1[C@H]2[C@H](O)OC=C(C(=O)OCc3ccc(O[C@H]4O[C@@H](CO)[C@H](O)[C@H](O)[C@@H]4O)cc3)[C@H]2C[C@H]1O. The van der Waals surface area contributed by atoms with Crippen molar-refractivity contribution in [1.82, 2.24) is 0 Å². The van der Waals surface area contributed by atoms with E-state index in [2.05, 4.69) is 0 Å². The van der Waals surface area contributed by atoms with E-state index >= 15 is 0 Å². The molecule has 188 valence electrons. The van der Waals surface area contributed by atoms with Crippen LogP contribution in [0.5, 0.6) is 5.75 Å². The molecule has 0 radical (unpaired) electrons. The molecule has 0 bridgehead atoms. The lowest BCUT2D eigenvalue weighted by atomic mass is 9.83. The fraction of sp³-hybridized carbons (Fsp3) is 0.609. The van der Waals surface area contributed by atoms with Gasteiger partial charge in [-0.3, -0.25) is 0 Å². The van der Waals surface area contributed by atoms with Gasteiger partial charge in [0.15, 0.2) is 6.29 Å². The summed E-state index contributed by atoms with van der Waals surface area (Å²) in [6, 6.07) is 6.36. The molecule has 34 heavy (non-hydrogen) atoms. The van der Waals surface area contributed by atoms with Crippen molar-refractivity contribution in [3.63, 3.8) is 0 Å². The van der Waals surface area contributed by atoms with Gasteiger partial charge >= 0.3 is 5.97 Å². The van der Waals surface area contributed by atoms with E-state index in [1.807, 2.05) is 6.92 Å². The molecule has 0 amide bonds. The van der Waals surface area contributed by atoms with E-state index in [0.717, 1.165) is 0 Å². The Hall–Kier alpha value is -2.25. The first-order chi connectivity index (χ1) is 16.2. The standard InChI is InChI=1S/C23H30O11/c1-10-15(25)6-13-14(9-32-22(30)17(10)13)21(29)31-8-11-2-4-12(5-3-11)33-23-20(28)19(27)18(26)16(7-24)34-23/h2-5,9-10,13,15-20,22-28,30H,6-8H2,1H3/t10-,13-,15-,16+,17-,18+,19+,20+,22-,23+/m1/s1. The van der Waals surface area contributed by atoms with Crippen LogP contribution >= 0.6 is 0 Å². The Labute approximate surface area is 195 Å². The number of carbonyl (C=O) groups is 1. The highest BCUT2D eigenvalue weighted by molar-refractivity contribution is 5.89. The van der Waals surface area contributed by atoms with Gasteiger partial charge in [0.25, 0.3) is 0 Å². The zero-order chi connectivity index (χ0) is 24.6. The van der Waals surface area contributed by atoms with Crippen molar-refractivity contribution in [2.24, 2.45) is 17.8 Å². The largest absolute Gasteiger partial charge is 0.472 e. The van der Waals surface area contributed by atoms with Crippen molar-refractivity contribution in [3.05, 3.63) is 41.7 Å². The number of ether oxygens (including phenoxy) is 4. The second-order valence-electron chi connectivity index (χ2n) is 8.98. The molecule has 0 aromatic heterocycles. The van der Waals surface area contributed by atoms with E-state index in [4.69, 9.17) is 18.9 Å². The Morgan fingerprint density at radius 1 is 1.06 bits per heavy atom. The molecule has 6 N–H and O–H groups in total. The zero-order valence-corrected chi connectivity index (χ0v) is 18.5. The van der Waals surface area contributed by atoms with Gasteiger partial charge in [-0.05, 0) is 30.0 Å². The van der Waals surface area contributed by atoms with E-state index in [1.165, 1.54) is 6.26 Å². The predicted octanol–water partition coefficient (Wildman–Crippen LogP) is -1.23. The number of aliphatic hydroxyl groups excluding tert-OH is 6. The number of hydrogen-bond donors (Lipinski definition) is 6. The maximum Gasteiger partial charge on any atom is 0.337 e. The van der Waals surface area contributed by atoms with Crippen molar-refractivity contribution in [2.45, 2.75) is 63.1 Å². The van der Waals surface area contributed by atoms with Gasteiger partial charge in [-0.1, -0.05) is 19.1 Å². The minimum Gasteiger partial charge on any atom is -0.472 e. The Morgan fingerprint density at radius 3 is 2.44 bits per heavy atom. The number of rotatable bonds is 6. The van der Waals surface area contributed by atoms with Crippen LogP contribution in [0.25, 0.3) is 0 Å². The van der Waals surface area contributed by atoms with Crippen LogP contribution in [-0.2, 0) is 25.6 Å². The number of esters is 1. The summed E-state index contributed by atoms with van der Waals surface area (Å²) >= 11 is 0. The fourth-order valence-electron chi connectivity index (χ4n) is 4.76. The minimum atomic E-state index is -1.54. The molecule has 0 unspecified atom stereocenters. The molecule has 4 rings (SSSR count). The Morgan fingerprint density at radius 2 is 1.76 bits per heavy atom. The lowest BCUT2D eigenvalue weighted by Gasteiger charge is -2.39. The molecule has 3 aliphatic rings. The highest BCUT2D eigenvalue weighted by atomic mass is 16.7. The van der Waals surface area contributed by atoms with Crippen LogP contribution in [0.4, 0.5) is 0 Å². The van der Waals surface area contributed by atoms with Crippen molar-refractivity contribution in [1.29, 1.82) is 0 Å². The molecule has 2 fully saturated rings. The Balaban J connectivity index is 1.33. The molecule has 1 aromatic carbocycles. The predicted molar refractivity (Wildman–Crippen MR) is 113 cm³/mol. The van der Waals surface area contributed by atoms with Crippen LogP contribution in [0.15, 0.2) is 36.1 Å². The molecular weight excluding hydrogens is 452 g/mol. The van der Waals surface area contributed by atoms with E-state index in [-0.39, 0.29) is 35.7 Å². The van der Waals surface area contributed by atoms with Crippen LogP contribution in [0.2, 0.25) is 0 Å². The van der Waals surface area contributed by atoms with Crippen molar-refractivity contribution >= 4 is 5.97 Å². The molecular formula is C23H30O11. The second kappa shape index (κ2) is 10.2. The second-order valence-corrected chi connectivity index (χ2v) is 8.98. The first kappa shape index (κ1) is 24.9. The van der Waals surface area contributed by atoms with Crippen LogP contribution < -0.4 is 4.74 Å². The third-order valence-corrected chi connectivity index (χ3v) is 6.87. The molecule has 1 aromatic rings. The lowest BCUT2D eigenvalue weighted by molar-refractivity contribution is -0.277. The van der Waals surface area contributed by atoms with Crippen LogP contribution in [0, 0.1) is 17.8 Å². The van der Waals surface area contributed by atoms with Crippen LogP contribution in [0.1, 0.15) is 18.9 Å². The minimum absolute atomic E-state index is 0.0471. The summed E-state index contributed by atoms with van der Waals surface area (Å²) in [4.78, 5) is 12.6. The van der Waals surface area contributed by atoms with Crippen molar-refractivity contribution in [2.75, 3.05) is 6.61 Å². The van der Waals surface area contributed by atoms with Crippen molar-refractivity contribution < 1.29 is 54.4 Å². The van der Waals surface area contributed by atoms with E-state index in [1.54, 1.807) is 24.3 Å². The summed E-state index contributed by atoms with van der Waals surface area (Å²) in [7, 11) is 0. The summed E-state index contributed by atoms with van der Waals surface area (Å²) in [5.41, 5.74) is 0.921. The molecule has 1 aliphatic carbocycles. The first-order valence-electron chi connectivity index (χ1n) is 11.2. The molecule has 2 aliphatic heterocycles. The molecule has 11 nitrogen and oxygen atoms in total. The van der Waals surface area contributed by atoms with Crippen LogP contribution in [0.3, 0.4) is 0 Å². The summed E-state index contributed by atoms with van der Waals surface area (Å²) in [6.45, 7) is 1.20. The molecule has 1 saturated heterocycles. The monoisotopic (exact) mass is 482 g/mol. The molecule has 1 saturated carbocycles. The number of hydrogen-bond acceptors (Lipinski definition) is 11. The maximum atomic E-state index is 12.6. The molecule has 11 heteroatoms. The molecule has 10 atom stereocenters.